The van der Waals surface area contributed by atoms with Crippen molar-refractivity contribution in [1.82, 2.24) is 15.4 Å². The molecule has 18 heavy (non-hydrogen) atoms. The Labute approximate surface area is 107 Å². The third kappa shape index (κ3) is 2.72. The minimum atomic E-state index is -0.0994. The molecule has 1 heterocycles. The van der Waals surface area contributed by atoms with Crippen LogP contribution in [0.5, 0.6) is 0 Å². The molecular formula is C14H18N4. The van der Waals surface area contributed by atoms with Gasteiger partial charge in [0.25, 0.3) is 0 Å². The fourth-order valence-electron chi connectivity index (χ4n) is 1.93. The second-order valence-corrected chi connectivity index (χ2v) is 4.22. The third-order valence-electron chi connectivity index (χ3n) is 2.98. The summed E-state index contributed by atoms with van der Waals surface area (Å²) in [6, 6.07) is 10.2. The maximum absolute atomic E-state index is 5.65. The number of hydrogen-bond acceptors (Lipinski definition) is 4. The fraction of sp³-hybridized carbons (Fsp3) is 0.286. The molecule has 0 radical (unpaired) electrons. The first-order chi connectivity index (χ1) is 8.74. The standard InChI is InChI=1S/C14H18N4/c1-3-11-4-6-12(7-5-11)14(18-15)13-8-9-16-10(2)17-13/h4-9,14,18H,3,15H2,1-2H3. The molecule has 94 valence electrons. The van der Waals surface area contributed by atoms with Crippen molar-refractivity contribution < 1.29 is 0 Å². The summed E-state index contributed by atoms with van der Waals surface area (Å²) in [7, 11) is 0. The van der Waals surface area contributed by atoms with Gasteiger partial charge in [0.05, 0.1) is 11.7 Å². The lowest BCUT2D eigenvalue weighted by Crippen LogP contribution is -2.29. The summed E-state index contributed by atoms with van der Waals surface area (Å²) in [5.41, 5.74) is 6.11. The van der Waals surface area contributed by atoms with Crippen molar-refractivity contribution >= 4 is 0 Å². The van der Waals surface area contributed by atoms with Crippen LogP contribution in [0.1, 0.15) is 35.6 Å². The predicted octanol–water partition coefficient (Wildman–Crippen LogP) is 1.90. The molecule has 4 nitrogen and oxygen atoms in total. The summed E-state index contributed by atoms with van der Waals surface area (Å²) < 4.78 is 0. The number of aryl methyl sites for hydroxylation is 2. The minimum absolute atomic E-state index is 0.0994. The molecule has 0 amide bonds. The van der Waals surface area contributed by atoms with Gasteiger partial charge in [0, 0.05) is 6.20 Å². The number of hydrogen-bond donors (Lipinski definition) is 2. The number of nitrogens with one attached hydrogen (secondary N) is 1. The van der Waals surface area contributed by atoms with E-state index in [1.165, 1.54) is 5.56 Å². The fourth-order valence-corrected chi connectivity index (χ4v) is 1.93. The van der Waals surface area contributed by atoms with Gasteiger partial charge in [-0.05, 0) is 30.5 Å². The van der Waals surface area contributed by atoms with Crippen LogP contribution in [0.2, 0.25) is 0 Å². The van der Waals surface area contributed by atoms with E-state index in [-0.39, 0.29) is 6.04 Å². The smallest absolute Gasteiger partial charge is 0.125 e. The zero-order chi connectivity index (χ0) is 13.0. The van der Waals surface area contributed by atoms with Crippen LogP contribution in [-0.2, 0) is 6.42 Å². The van der Waals surface area contributed by atoms with E-state index in [1.807, 2.05) is 13.0 Å². The Morgan fingerprint density at radius 2 is 1.94 bits per heavy atom. The molecule has 0 saturated heterocycles. The van der Waals surface area contributed by atoms with Crippen molar-refractivity contribution in [2.75, 3.05) is 0 Å². The number of benzene rings is 1. The van der Waals surface area contributed by atoms with Crippen LogP contribution >= 0.6 is 0 Å². The van der Waals surface area contributed by atoms with Crippen LogP contribution in [0.15, 0.2) is 36.5 Å². The highest BCUT2D eigenvalue weighted by atomic mass is 15.2. The highest BCUT2D eigenvalue weighted by Crippen LogP contribution is 2.20. The summed E-state index contributed by atoms with van der Waals surface area (Å²) in [4.78, 5) is 8.51. The summed E-state index contributed by atoms with van der Waals surface area (Å²) in [6.07, 6.45) is 2.79. The largest absolute Gasteiger partial charge is 0.271 e. The summed E-state index contributed by atoms with van der Waals surface area (Å²) >= 11 is 0. The van der Waals surface area contributed by atoms with Crippen LogP contribution in [-0.4, -0.2) is 9.97 Å². The normalized spacial score (nSPS) is 12.4. The van der Waals surface area contributed by atoms with Crippen LogP contribution in [0.3, 0.4) is 0 Å². The lowest BCUT2D eigenvalue weighted by Gasteiger charge is -2.16. The molecule has 0 fully saturated rings. The van der Waals surface area contributed by atoms with Crippen molar-refractivity contribution in [1.29, 1.82) is 0 Å². The van der Waals surface area contributed by atoms with Gasteiger partial charge in [-0.25, -0.2) is 15.4 Å². The van der Waals surface area contributed by atoms with Crippen molar-refractivity contribution in [3.63, 3.8) is 0 Å². The molecule has 0 aliphatic carbocycles. The van der Waals surface area contributed by atoms with Gasteiger partial charge in [-0.3, -0.25) is 5.84 Å². The zero-order valence-electron chi connectivity index (χ0n) is 10.7. The van der Waals surface area contributed by atoms with Crippen molar-refractivity contribution in [3.05, 3.63) is 59.2 Å². The molecule has 1 unspecified atom stereocenters. The lowest BCUT2D eigenvalue weighted by molar-refractivity contribution is 0.616. The topological polar surface area (TPSA) is 63.8 Å². The highest BCUT2D eigenvalue weighted by Gasteiger charge is 2.13. The van der Waals surface area contributed by atoms with Gasteiger partial charge in [0.2, 0.25) is 0 Å². The highest BCUT2D eigenvalue weighted by molar-refractivity contribution is 5.30. The monoisotopic (exact) mass is 242 g/mol. The van der Waals surface area contributed by atoms with Gasteiger partial charge in [0.15, 0.2) is 0 Å². The molecule has 1 aromatic heterocycles. The maximum Gasteiger partial charge on any atom is 0.125 e. The quantitative estimate of drug-likeness (QED) is 0.635. The Kier molecular flexibility index (Phi) is 4.02. The Bertz CT molecular complexity index is 507. The number of aromatic nitrogens is 2. The molecule has 0 spiro atoms. The van der Waals surface area contributed by atoms with E-state index in [9.17, 15) is 0 Å². The molecule has 0 aliphatic rings. The van der Waals surface area contributed by atoms with Crippen molar-refractivity contribution in [2.45, 2.75) is 26.3 Å². The van der Waals surface area contributed by atoms with Crippen LogP contribution < -0.4 is 11.3 Å². The number of rotatable bonds is 4. The van der Waals surface area contributed by atoms with E-state index in [4.69, 9.17) is 5.84 Å². The molecule has 2 aromatic rings. The molecule has 0 saturated carbocycles. The Morgan fingerprint density at radius 1 is 1.22 bits per heavy atom. The summed E-state index contributed by atoms with van der Waals surface area (Å²) in [5.74, 6) is 6.40. The first-order valence-electron chi connectivity index (χ1n) is 6.09. The lowest BCUT2D eigenvalue weighted by atomic mass is 10.0. The maximum atomic E-state index is 5.65. The Morgan fingerprint density at radius 3 is 2.50 bits per heavy atom. The van der Waals surface area contributed by atoms with Crippen LogP contribution in [0.4, 0.5) is 0 Å². The zero-order valence-corrected chi connectivity index (χ0v) is 10.7. The molecule has 0 aliphatic heterocycles. The van der Waals surface area contributed by atoms with Gasteiger partial charge >= 0.3 is 0 Å². The molecule has 3 N–H and O–H groups in total. The van der Waals surface area contributed by atoms with Gasteiger partial charge in [-0.15, -0.1) is 0 Å². The average molecular weight is 242 g/mol. The molecular weight excluding hydrogens is 224 g/mol. The van der Waals surface area contributed by atoms with Crippen LogP contribution in [0.25, 0.3) is 0 Å². The van der Waals surface area contributed by atoms with Gasteiger partial charge in [-0.1, -0.05) is 31.2 Å². The van der Waals surface area contributed by atoms with E-state index in [1.54, 1.807) is 6.20 Å². The Balaban J connectivity index is 2.32. The van der Waals surface area contributed by atoms with Gasteiger partial charge in [0.1, 0.15) is 5.82 Å². The van der Waals surface area contributed by atoms with E-state index in [0.717, 1.165) is 23.5 Å². The average Bonchev–Trinajstić information content (AvgIpc) is 2.40. The van der Waals surface area contributed by atoms with Gasteiger partial charge in [-0.2, -0.15) is 0 Å². The SMILES string of the molecule is CCc1ccc(C(NN)c2ccnc(C)n2)cc1. The van der Waals surface area contributed by atoms with Crippen LogP contribution in [0, 0.1) is 6.92 Å². The minimum Gasteiger partial charge on any atom is -0.271 e. The summed E-state index contributed by atoms with van der Waals surface area (Å²) in [5, 5.41) is 0. The molecule has 0 bridgehead atoms. The third-order valence-corrected chi connectivity index (χ3v) is 2.98. The predicted molar refractivity (Wildman–Crippen MR) is 71.8 cm³/mol. The second kappa shape index (κ2) is 5.71. The summed E-state index contributed by atoms with van der Waals surface area (Å²) in [6.45, 7) is 4.01. The number of nitrogens with zero attached hydrogens (tertiary/aromatic N) is 2. The van der Waals surface area contributed by atoms with E-state index in [0.29, 0.717) is 0 Å². The van der Waals surface area contributed by atoms with E-state index in [2.05, 4.69) is 46.6 Å². The molecule has 1 atom stereocenters. The second-order valence-electron chi connectivity index (χ2n) is 4.22. The first-order valence-corrected chi connectivity index (χ1v) is 6.09. The van der Waals surface area contributed by atoms with E-state index >= 15 is 0 Å². The van der Waals surface area contributed by atoms with Crippen molar-refractivity contribution in [2.24, 2.45) is 5.84 Å². The molecule has 4 heteroatoms. The van der Waals surface area contributed by atoms with Crippen molar-refractivity contribution in [3.8, 4) is 0 Å². The van der Waals surface area contributed by atoms with E-state index < -0.39 is 0 Å². The first kappa shape index (κ1) is 12.7. The number of hydrazine groups is 1. The van der Waals surface area contributed by atoms with Gasteiger partial charge < -0.3 is 0 Å². The molecule has 1 aromatic carbocycles. The Hall–Kier alpha value is -1.78. The number of nitrogens with two attached hydrogens (primary N) is 1. The molecule has 2 rings (SSSR count).